The standard InChI is InChI=1S/C14H27N3O2/c1-5-11(18)16-10-6-8-17(9-7-10)13(19)12(15)14(2,3)4/h10,12H,5-9,15H2,1-4H3,(H,16,18)/t12-/m1/s1. The SMILES string of the molecule is CCC(=O)NC1CCN(C(=O)[C@@H](N)C(C)(C)C)CC1. The summed E-state index contributed by atoms with van der Waals surface area (Å²) >= 11 is 0. The molecule has 2 amide bonds. The molecule has 0 bridgehead atoms. The maximum absolute atomic E-state index is 12.2. The van der Waals surface area contributed by atoms with Gasteiger partial charge in [0, 0.05) is 25.6 Å². The lowest BCUT2D eigenvalue weighted by molar-refractivity contribution is -0.136. The minimum Gasteiger partial charge on any atom is -0.353 e. The van der Waals surface area contributed by atoms with Crippen molar-refractivity contribution in [3.8, 4) is 0 Å². The largest absolute Gasteiger partial charge is 0.353 e. The number of carbonyl (C=O) groups is 2. The van der Waals surface area contributed by atoms with Gasteiger partial charge in [0.1, 0.15) is 0 Å². The number of likely N-dealkylation sites (tertiary alicyclic amines) is 1. The molecule has 1 aliphatic rings. The van der Waals surface area contributed by atoms with Gasteiger partial charge in [-0.25, -0.2) is 0 Å². The molecule has 1 rings (SSSR count). The van der Waals surface area contributed by atoms with E-state index in [0.717, 1.165) is 12.8 Å². The molecule has 5 heteroatoms. The minimum atomic E-state index is -0.464. The van der Waals surface area contributed by atoms with Crippen LogP contribution >= 0.6 is 0 Å². The summed E-state index contributed by atoms with van der Waals surface area (Å²) in [5.41, 5.74) is 5.78. The smallest absolute Gasteiger partial charge is 0.240 e. The first kappa shape index (κ1) is 16.0. The summed E-state index contributed by atoms with van der Waals surface area (Å²) in [6.07, 6.45) is 2.14. The molecule has 1 saturated heterocycles. The predicted octanol–water partition coefficient (Wildman–Crippen LogP) is 0.877. The Morgan fingerprint density at radius 3 is 2.26 bits per heavy atom. The van der Waals surface area contributed by atoms with Crippen molar-refractivity contribution in [2.24, 2.45) is 11.1 Å². The maximum atomic E-state index is 12.2. The first-order valence-corrected chi connectivity index (χ1v) is 7.09. The van der Waals surface area contributed by atoms with E-state index in [0.29, 0.717) is 19.5 Å². The molecule has 3 N–H and O–H groups in total. The fourth-order valence-corrected chi connectivity index (χ4v) is 2.14. The number of piperidine rings is 1. The molecule has 110 valence electrons. The first-order chi connectivity index (χ1) is 8.75. The van der Waals surface area contributed by atoms with Gasteiger partial charge in [0.2, 0.25) is 11.8 Å². The fraction of sp³-hybridized carbons (Fsp3) is 0.857. The molecular weight excluding hydrogens is 242 g/mol. The zero-order valence-electron chi connectivity index (χ0n) is 12.5. The molecule has 0 aliphatic carbocycles. The highest BCUT2D eigenvalue weighted by atomic mass is 16.2. The van der Waals surface area contributed by atoms with E-state index >= 15 is 0 Å². The molecule has 0 aromatic carbocycles. The van der Waals surface area contributed by atoms with E-state index in [1.54, 1.807) is 0 Å². The molecule has 0 aromatic rings. The Morgan fingerprint density at radius 1 is 1.32 bits per heavy atom. The number of amides is 2. The molecule has 0 radical (unpaired) electrons. The first-order valence-electron chi connectivity index (χ1n) is 7.09. The highest BCUT2D eigenvalue weighted by molar-refractivity contribution is 5.82. The average Bonchev–Trinajstić information content (AvgIpc) is 2.36. The van der Waals surface area contributed by atoms with Crippen molar-refractivity contribution in [2.75, 3.05) is 13.1 Å². The molecule has 0 unspecified atom stereocenters. The molecule has 5 nitrogen and oxygen atoms in total. The van der Waals surface area contributed by atoms with Crippen LogP contribution in [0.15, 0.2) is 0 Å². The third-order valence-corrected chi connectivity index (χ3v) is 3.69. The van der Waals surface area contributed by atoms with E-state index in [2.05, 4.69) is 5.32 Å². The van der Waals surface area contributed by atoms with Crippen LogP contribution in [0.3, 0.4) is 0 Å². The Balaban J connectivity index is 2.45. The summed E-state index contributed by atoms with van der Waals surface area (Å²) < 4.78 is 0. The van der Waals surface area contributed by atoms with Crippen LogP contribution in [-0.4, -0.2) is 41.9 Å². The van der Waals surface area contributed by atoms with E-state index in [-0.39, 0.29) is 23.3 Å². The molecule has 1 atom stereocenters. The Bertz CT molecular complexity index is 328. The Kier molecular flexibility index (Phi) is 5.35. The van der Waals surface area contributed by atoms with Gasteiger partial charge in [-0.1, -0.05) is 27.7 Å². The minimum absolute atomic E-state index is 0.0211. The summed E-state index contributed by atoms with van der Waals surface area (Å²) in [6, 6.07) is -0.267. The molecule has 0 saturated carbocycles. The van der Waals surface area contributed by atoms with Crippen LogP contribution in [0.25, 0.3) is 0 Å². The summed E-state index contributed by atoms with van der Waals surface area (Å²) in [6.45, 7) is 9.13. The van der Waals surface area contributed by atoms with Gasteiger partial charge < -0.3 is 16.0 Å². The number of rotatable bonds is 3. The second-order valence-corrected chi connectivity index (χ2v) is 6.36. The van der Waals surface area contributed by atoms with Gasteiger partial charge in [0.15, 0.2) is 0 Å². The van der Waals surface area contributed by atoms with Crippen LogP contribution in [0, 0.1) is 5.41 Å². The van der Waals surface area contributed by atoms with Crippen LogP contribution in [0.4, 0.5) is 0 Å². The van der Waals surface area contributed by atoms with Gasteiger partial charge in [-0.15, -0.1) is 0 Å². The molecule has 0 spiro atoms. The van der Waals surface area contributed by atoms with Crippen LogP contribution in [0.5, 0.6) is 0 Å². The van der Waals surface area contributed by atoms with E-state index in [1.807, 2.05) is 32.6 Å². The van der Waals surface area contributed by atoms with Crippen LogP contribution < -0.4 is 11.1 Å². The van der Waals surface area contributed by atoms with Crippen LogP contribution in [-0.2, 0) is 9.59 Å². The summed E-state index contributed by atoms with van der Waals surface area (Å²) in [5.74, 6) is 0.101. The van der Waals surface area contributed by atoms with E-state index < -0.39 is 6.04 Å². The summed E-state index contributed by atoms with van der Waals surface area (Å²) in [7, 11) is 0. The Hall–Kier alpha value is -1.10. The topological polar surface area (TPSA) is 75.4 Å². The monoisotopic (exact) mass is 269 g/mol. The van der Waals surface area contributed by atoms with Gasteiger partial charge in [0.25, 0.3) is 0 Å². The third-order valence-electron chi connectivity index (χ3n) is 3.69. The molecule has 19 heavy (non-hydrogen) atoms. The van der Waals surface area contributed by atoms with Crippen LogP contribution in [0.1, 0.15) is 47.0 Å². The Labute approximate surface area is 115 Å². The van der Waals surface area contributed by atoms with E-state index in [9.17, 15) is 9.59 Å². The summed E-state index contributed by atoms with van der Waals surface area (Å²) in [5, 5.41) is 2.98. The number of hydrogen-bond acceptors (Lipinski definition) is 3. The normalized spacial score (nSPS) is 19.1. The number of nitrogens with zero attached hydrogens (tertiary/aromatic N) is 1. The van der Waals surface area contributed by atoms with Gasteiger partial charge in [-0.3, -0.25) is 9.59 Å². The van der Waals surface area contributed by atoms with Crippen molar-refractivity contribution in [1.82, 2.24) is 10.2 Å². The maximum Gasteiger partial charge on any atom is 0.240 e. The Morgan fingerprint density at radius 2 is 1.84 bits per heavy atom. The van der Waals surface area contributed by atoms with Gasteiger partial charge >= 0.3 is 0 Å². The number of hydrogen-bond donors (Lipinski definition) is 2. The molecule has 1 fully saturated rings. The molecule has 1 heterocycles. The van der Waals surface area contributed by atoms with Crippen molar-refractivity contribution in [1.29, 1.82) is 0 Å². The summed E-state index contributed by atoms with van der Waals surface area (Å²) in [4.78, 5) is 25.4. The molecular formula is C14H27N3O2. The highest BCUT2D eigenvalue weighted by Crippen LogP contribution is 2.21. The van der Waals surface area contributed by atoms with Crippen molar-refractivity contribution >= 4 is 11.8 Å². The van der Waals surface area contributed by atoms with Gasteiger partial charge in [-0.2, -0.15) is 0 Å². The van der Waals surface area contributed by atoms with Crippen molar-refractivity contribution in [3.63, 3.8) is 0 Å². The highest BCUT2D eigenvalue weighted by Gasteiger charge is 2.33. The van der Waals surface area contributed by atoms with Crippen molar-refractivity contribution in [3.05, 3.63) is 0 Å². The van der Waals surface area contributed by atoms with E-state index in [4.69, 9.17) is 5.73 Å². The molecule has 1 aliphatic heterocycles. The second kappa shape index (κ2) is 6.37. The fourth-order valence-electron chi connectivity index (χ4n) is 2.14. The van der Waals surface area contributed by atoms with Gasteiger partial charge in [0.05, 0.1) is 6.04 Å². The van der Waals surface area contributed by atoms with Crippen molar-refractivity contribution in [2.45, 2.75) is 59.0 Å². The van der Waals surface area contributed by atoms with Crippen molar-refractivity contribution < 1.29 is 9.59 Å². The van der Waals surface area contributed by atoms with Gasteiger partial charge in [-0.05, 0) is 18.3 Å². The third kappa shape index (κ3) is 4.49. The number of nitrogens with one attached hydrogen (secondary N) is 1. The second-order valence-electron chi connectivity index (χ2n) is 6.36. The predicted molar refractivity (Wildman–Crippen MR) is 75.5 cm³/mol. The van der Waals surface area contributed by atoms with E-state index in [1.165, 1.54) is 0 Å². The van der Waals surface area contributed by atoms with Crippen LogP contribution in [0.2, 0.25) is 0 Å². The number of carbonyl (C=O) groups excluding carboxylic acids is 2. The zero-order valence-corrected chi connectivity index (χ0v) is 12.5. The molecule has 0 aromatic heterocycles. The lowest BCUT2D eigenvalue weighted by atomic mass is 9.86. The quantitative estimate of drug-likeness (QED) is 0.798. The lowest BCUT2D eigenvalue weighted by Gasteiger charge is -2.36. The zero-order chi connectivity index (χ0) is 14.6. The lowest BCUT2D eigenvalue weighted by Crippen LogP contribution is -2.54. The average molecular weight is 269 g/mol. The number of nitrogens with two attached hydrogens (primary N) is 1.